The van der Waals surface area contributed by atoms with Crippen molar-refractivity contribution in [1.82, 2.24) is 10.2 Å². The summed E-state index contributed by atoms with van der Waals surface area (Å²) in [6, 6.07) is 13.6. The number of anilines is 1. The molecule has 30 heavy (non-hydrogen) atoms. The van der Waals surface area contributed by atoms with Crippen LogP contribution in [0.3, 0.4) is 0 Å². The van der Waals surface area contributed by atoms with E-state index < -0.39 is 17.8 Å². The van der Waals surface area contributed by atoms with Gasteiger partial charge in [-0.25, -0.2) is 0 Å². The zero-order chi connectivity index (χ0) is 21.5. The second-order valence-electron chi connectivity index (χ2n) is 8.61. The molecule has 2 aromatic rings. The number of hydrogen-bond acceptors (Lipinski definition) is 4. The molecule has 0 saturated heterocycles. The summed E-state index contributed by atoms with van der Waals surface area (Å²) in [5, 5.41) is 18.1. The molecule has 5 atom stereocenters. The summed E-state index contributed by atoms with van der Waals surface area (Å²) in [5.41, 5.74) is 1.65. The van der Waals surface area contributed by atoms with E-state index in [1.165, 1.54) is 12.1 Å². The van der Waals surface area contributed by atoms with Crippen LogP contribution in [0, 0.1) is 5.92 Å². The molecule has 1 aliphatic heterocycles. The zero-order valence-corrected chi connectivity index (χ0v) is 17.2. The van der Waals surface area contributed by atoms with Crippen molar-refractivity contribution in [3.05, 3.63) is 65.2 Å². The van der Waals surface area contributed by atoms with Crippen LogP contribution in [0.25, 0.3) is 0 Å². The lowest BCUT2D eigenvalue weighted by Crippen LogP contribution is -2.41. The maximum absolute atomic E-state index is 13.4. The Hall–Kier alpha value is -2.09. The number of rotatable bonds is 5. The van der Waals surface area contributed by atoms with E-state index in [0.29, 0.717) is 24.2 Å². The predicted octanol–water partition coefficient (Wildman–Crippen LogP) is 3.86. The van der Waals surface area contributed by atoms with Gasteiger partial charge in [0, 0.05) is 30.7 Å². The monoisotopic (exact) mass is 419 g/mol. The molecule has 0 radical (unpaired) electrons. The van der Waals surface area contributed by atoms with Gasteiger partial charge in [0.25, 0.3) is 0 Å². The van der Waals surface area contributed by atoms with E-state index >= 15 is 0 Å². The molecule has 1 saturated carbocycles. The molecule has 2 aromatic carbocycles. The second-order valence-corrected chi connectivity index (χ2v) is 8.61. The molecule has 1 heterocycles. The maximum Gasteiger partial charge on any atom is 0.416 e. The summed E-state index contributed by atoms with van der Waals surface area (Å²) < 4.78 is 40.1. The van der Waals surface area contributed by atoms with Gasteiger partial charge >= 0.3 is 6.18 Å². The Kier molecular flexibility index (Phi) is 5.79. The predicted molar refractivity (Wildman–Crippen MR) is 111 cm³/mol. The van der Waals surface area contributed by atoms with E-state index in [4.69, 9.17) is 0 Å². The first-order valence-electron chi connectivity index (χ1n) is 10.3. The third-order valence-electron chi connectivity index (χ3n) is 6.37. The van der Waals surface area contributed by atoms with E-state index in [0.717, 1.165) is 18.2 Å². The Labute approximate surface area is 175 Å². The molecular formula is C23H28F3N3O. The normalized spacial score (nSPS) is 28.2. The van der Waals surface area contributed by atoms with Gasteiger partial charge < -0.3 is 20.6 Å². The Balaban J connectivity index is 1.70. The molecule has 7 heteroatoms. The molecule has 4 nitrogen and oxygen atoms in total. The molecule has 0 aromatic heterocycles. The summed E-state index contributed by atoms with van der Waals surface area (Å²) in [5.74, 6) is -0.360. The molecule has 162 valence electrons. The van der Waals surface area contributed by atoms with Crippen LogP contribution in [-0.2, 0) is 6.18 Å². The number of aliphatic hydroxyl groups excluding tert-OH is 1. The Morgan fingerprint density at radius 2 is 1.87 bits per heavy atom. The summed E-state index contributed by atoms with van der Waals surface area (Å²) >= 11 is 0. The topological polar surface area (TPSA) is 47.5 Å². The average molecular weight is 419 g/mol. The molecule has 2 unspecified atom stereocenters. The third kappa shape index (κ3) is 4.06. The first-order valence-corrected chi connectivity index (χ1v) is 10.3. The molecule has 1 fully saturated rings. The van der Waals surface area contributed by atoms with Gasteiger partial charge in [-0.2, -0.15) is 13.2 Å². The standard InChI is InChI=1S/C23H28F3N3O/c1-29(2)11-10-27-19-13-17-20(22(19)30)16-12-15(23(24,25)26)8-9-18(16)28-21(17)14-6-4-3-5-7-14/h3-9,12,17,19-22,27-28,30H,10-11,13H2,1-2H3/t17-,19?,20-,21-,22?/m1/s1. The molecule has 3 N–H and O–H groups in total. The van der Waals surface area contributed by atoms with Crippen LogP contribution in [0.4, 0.5) is 18.9 Å². The van der Waals surface area contributed by atoms with Crippen molar-refractivity contribution in [2.75, 3.05) is 32.5 Å². The van der Waals surface area contributed by atoms with Crippen LogP contribution >= 0.6 is 0 Å². The van der Waals surface area contributed by atoms with Crippen molar-refractivity contribution in [2.24, 2.45) is 5.92 Å². The molecule has 4 rings (SSSR count). The van der Waals surface area contributed by atoms with Crippen molar-refractivity contribution in [3.8, 4) is 0 Å². The number of aliphatic hydroxyl groups is 1. The quantitative estimate of drug-likeness (QED) is 0.689. The van der Waals surface area contributed by atoms with E-state index in [1.54, 1.807) is 0 Å². The molecular weight excluding hydrogens is 391 g/mol. The number of hydrogen-bond donors (Lipinski definition) is 3. The van der Waals surface area contributed by atoms with Crippen molar-refractivity contribution >= 4 is 5.69 Å². The molecule has 1 aliphatic carbocycles. The number of alkyl halides is 3. The minimum atomic E-state index is -4.41. The second kappa shape index (κ2) is 8.21. The highest BCUT2D eigenvalue weighted by molar-refractivity contribution is 5.60. The van der Waals surface area contributed by atoms with Crippen LogP contribution in [-0.4, -0.2) is 49.3 Å². The third-order valence-corrected chi connectivity index (χ3v) is 6.37. The highest BCUT2D eigenvalue weighted by Gasteiger charge is 2.50. The maximum atomic E-state index is 13.4. The fourth-order valence-corrected chi connectivity index (χ4v) is 4.93. The summed E-state index contributed by atoms with van der Waals surface area (Å²) in [4.78, 5) is 2.06. The van der Waals surface area contributed by atoms with Crippen LogP contribution in [0.5, 0.6) is 0 Å². The Morgan fingerprint density at radius 3 is 2.53 bits per heavy atom. The van der Waals surface area contributed by atoms with Crippen LogP contribution < -0.4 is 10.6 Å². The highest BCUT2D eigenvalue weighted by atomic mass is 19.4. The average Bonchev–Trinajstić information content (AvgIpc) is 3.03. The fraction of sp³-hybridized carbons (Fsp3) is 0.478. The number of fused-ring (bicyclic) bond motifs is 3. The molecule has 0 amide bonds. The van der Waals surface area contributed by atoms with Crippen molar-refractivity contribution < 1.29 is 18.3 Å². The number of halogens is 3. The lowest BCUT2D eigenvalue weighted by Gasteiger charge is -2.38. The van der Waals surface area contributed by atoms with Crippen LogP contribution in [0.2, 0.25) is 0 Å². The molecule has 0 spiro atoms. The van der Waals surface area contributed by atoms with Gasteiger partial charge in [0.15, 0.2) is 0 Å². The van der Waals surface area contributed by atoms with Crippen molar-refractivity contribution in [1.29, 1.82) is 0 Å². The SMILES string of the molecule is CN(C)CCNC1C[C@H]2[C@@H](c3ccccc3)Nc3ccc(C(F)(F)F)cc3[C@H]2C1O. The molecule has 2 aliphatic rings. The lowest BCUT2D eigenvalue weighted by molar-refractivity contribution is -0.137. The lowest BCUT2D eigenvalue weighted by atomic mass is 9.76. The smallest absolute Gasteiger partial charge is 0.391 e. The fourth-order valence-electron chi connectivity index (χ4n) is 4.93. The van der Waals surface area contributed by atoms with Gasteiger partial charge in [0.05, 0.1) is 17.7 Å². The van der Waals surface area contributed by atoms with Crippen molar-refractivity contribution in [2.45, 2.75) is 36.7 Å². The largest absolute Gasteiger partial charge is 0.416 e. The number of benzene rings is 2. The van der Waals surface area contributed by atoms with Crippen LogP contribution in [0.1, 0.15) is 35.1 Å². The van der Waals surface area contributed by atoms with Gasteiger partial charge in [-0.05, 0) is 55.8 Å². The number of nitrogens with zero attached hydrogens (tertiary/aromatic N) is 1. The van der Waals surface area contributed by atoms with Gasteiger partial charge in [-0.1, -0.05) is 30.3 Å². The minimum Gasteiger partial charge on any atom is -0.391 e. The summed E-state index contributed by atoms with van der Waals surface area (Å²) in [6.45, 7) is 1.54. The Morgan fingerprint density at radius 1 is 1.13 bits per heavy atom. The first-order chi connectivity index (χ1) is 14.3. The Bertz CT molecular complexity index is 872. The van der Waals surface area contributed by atoms with Gasteiger partial charge in [-0.3, -0.25) is 0 Å². The van der Waals surface area contributed by atoms with E-state index in [9.17, 15) is 18.3 Å². The van der Waals surface area contributed by atoms with E-state index in [2.05, 4.69) is 15.5 Å². The van der Waals surface area contributed by atoms with E-state index in [-0.39, 0.29) is 23.9 Å². The van der Waals surface area contributed by atoms with Gasteiger partial charge in [0.1, 0.15) is 0 Å². The zero-order valence-electron chi connectivity index (χ0n) is 17.2. The van der Waals surface area contributed by atoms with Gasteiger partial charge in [0.2, 0.25) is 0 Å². The number of nitrogens with one attached hydrogen (secondary N) is 2. The van der Waals surface area contributed by atoms with Crippen molar-refractivity contribution in [3.63, 3.8) is 0 Å². The minimum absolute atomic E-state index is 0.00441. The van der Waals surface area contributed by atoms with Crippen LogP contribution in [0.15, 0.2) is 48.5 Å². The highest BCUT2D eigenvalue weighted by Crippen LogP contribution is 2.53. The first kappa shape index (κ1) is 21.2. The molecule has 0 bridgehead atoms. The summed E-state index contributed by atoms with van der Waals surface area (Å²) in [6.07, 6.45) is -4.46. The number of likely N-dealkylation sites (N-methyl/N-ethyl adjacent to an activating group) is 1. The van der Waals surface area contributed by atoms with E-state index in [1.807, 2.05) is 44.4 Å². The van der Waals surface area contributed by atoms with Gasteiger partial charge in [-0.15, -0.1) is 0 Å². The summed E-state index contributed by atoms with van der Waals surface area (Å²) in [7, 11) is 3.97.